The predicted molar refractivity (Wildman–Crippen MR) is 94.8 cm³/mol. The Morgan fingerprint density at radius 3 is 1.95 bits per heavy atom. The molecule has 1 atom stereocenters. The number of thiol groups is 1. The Kier molecular flexibility index (Phi) is 17.9. The Labute approximate surface area is 138 Å². The van der Waals surface area contributed by atoms with Gasteiger partial charge in [-0.2, -0.15) is 0 Å². The lowest BCUT2D eigenvalue weighted by molar-refractivity contribution is -0.129. The summed E-state index contributed by atoms with van der Waals surface area (Å²) in [5.74, 6) is -0.000875. The number of hydrogen-bond donors (Lipinski definition) is 2. The SMILES string of the molecule is CC.CC.CCC(C)(CC(=O)NC)OCCC(C)(C)OS. The lowest BCUT2D eigenvalue weighted by Gasteiger charge is -2.30. The van der Waals surface area contributed by atoms with Crippen LogP contribution in [0.5, 0.6) is 0 Å². The van der Waals surface area contributed by atoms with Crippen molar-refractivity contribution >= 4 is 18.8 Å². The van der Waals surface area contributed by atoms with Gasteiger partial charge in [-0.15, -0.1) is 0 Å². The molecule has 1 N–H and O–H groups in total. The highest BCUT2D eigenvalue weighted by molar-refractivity contribution is 7.75. The third-order valence-corrected chi connectivity index (χ3v) is 3.46. The summed E-state index contributed by atoms with van der Waals surface area (Å²) in [7, 11) is 1.64. The van der Waals surface area contributed by atoms with Crippen LogP contribution in [0.15, 0.2) is 0 Å². The van der Waals surface area contributed by atoms with E-state index in [1.165, 1.54) is 0 Å². The number of nitrogens with one attached hydrogen (secondary N) is 1. The highest BCUT2D eigenvalue weighted by atomic mass is 32.1. The van der Waals surface area contributed by atoms with Gasteiger partial charge in [-0.05, 0) is 40.1 Å². The summed E-state index contributed by atoms with van der Waals surface area (Å²) < 4.78 is 10.8. The second-order valence-corrected chi connectivity index (χ2v) is 5.29. The van der Waals surface area contributed by atoms with Crippen molar-refractivity contribution in [1.29, 1.82) is 0 Å². The molecule has 0 saturated carbocycles. The molecule has 0 rings (SSSR count). The van der Waals surface area contributed by atoms with Crippen molar-refractivity contribution < 1.29 is 13.7 Å². The van der Waals surface area contributed by atoms with Crippen LogP contribution >= 0.6 is 12.9 Å². The first-order valence-electron chi connectivity index (χ1n) is 7.95. The van der Waals surface area contributed by atoms with Crippen molar-refractivity contribution in [2.24, 2.45) is 0 Å². The maximum atomic E-state index is 11.4. The van der Waals surface area contributed by atoms with Gasteiger partial charge in [0, 0.05) is 13.5 Å². The fourth-order valence-corrected chi connectivity index (χ4v) is 1.39. The number of carbonyl (C=O) groups is 1. The highest BCUT2D eigenvalue weighted by Gasteiger charge is 2.27. The lowest BCUT2D eigenvalue weighted by atomic mass is 9.98. The van der Waals surface area contributed by atoms with E-state index in [1.54, 1.807) is 7.05 Å². The van der Waals surface area contributed by atoms with E-state index in [2.05, 4.69) is 18.2 Å². The van der Waals surface area contributed by atoms with Crippen molar-refractivity contribution in [2.45, 2.75) is 85.9 Å². The van der Waals surface area contributed by atoms with E-state index in [-0.39, 0.29) is 11.5 Å². The van der Waals surface area contributed by atoms with Crippen LogP contribution in [0.4, 0.5) is 0 Å². The minimum Gasteiger partial charge on any atom is -0.375 e. The van der Waals surface area contributed by atoms with Gasteiger partial charge in [-0.3, -0.25) is 4.79 Å². The van der Waals surface area contributed by atoms with Crippen LogP contribution in [0.1, 0.15) is 74.7 Å². The molecular formula is C16H37NO3S. The summed E-state index contributed by atoms with van der Waals surface area (Å²) in [5, 5.41) is 2.62. The Bertz CT molecular complexity index is 248. The second-order valence-electron chi connectivity index (χ2n) is 5.10. The first-order valence-corrected chi connectivity index (χ1v) is 8.32. The van der Waals surface area contributed by atoms with Crippen LogP contribution in [-0.4, -0.2) is 30.8 Å². The summed E-state index contributed by atoms with van der Waals surface area (Å²) in [6.45, 7) is 16.4. The summed E-state index contributed by atoms with van der Waals surface area (Å²) >= 11 is 3.82. The minimum atomic E-state index is -0.410. The number of carbonyl (C=O) groups excluding carboxylic acids is 1. The quantitative estimate of drug-likeness (QED) is 0.514. The topological polar surface area (TPSA) is 47.6 Å². The molecule has 130 valence electrons. The first kappa shape index (κ1) is 25.7. The van der Waals surface area contributed by atoms with Crippen molar-refractivity contribution in [3.8, 4) is 0 Å². The molecule has 0 aliphatic carbocycles. The molecule has 1 unspecified atom stereocenters. The van der Waals surface area contributed by atoms with Gasteiger partial charge in [0.15, 0.2) is 0 Å². The molecule has 0 radical (unpaired) electrons. The van der Waals surface area contributed by atoms with Crippen LogP contribution in [0, 0.1) is 0 Å². The second kappa shape index (κ2) is 14.7. The third-order valence-electron chi connectivity index (χ3n) is 2.96. The predicted octanol–water partition coefficient (Wildman–Crippen LogP) is 4.39. The van der Waals surface area contributed by atoms with Gasteiger partial charge >= 0.3 is 0 Å². The molecule has 4 nitrogen and oxygen atoms in total. The molecule has 1 amide bonds. The monoisotopic (exact) mass is 323 g/mol. The van der Waals surface area contributed by atoms with Crippen molar-refractivity contribution in [2.75, 3.05) is 13.7 Å². The highest BCUT2D eigenvalue weighted by Crippen LogP contribution is 2.23. The Hall–Kier alpha value is -0.260. The average molecular weight is 324 g/mol. The van der Waals surface area contributed by atoms with E-state index >= 15 is 0 Å². The van der Waals surface area contributed by atoms with Gasteiger partial charge in [-0.1, -0.05) is 34.6 Å². The van der Waals surface area contributed by atoms with Crippen LogP contribution in [-0.2, 0) is 13.7 Å². The van der Waals surface area contributed by atoms with Crippen LogP contribution < -0.4 is 5.32 Å². The summed E-state index contributed by atoms with van der Waals surface area (Å²) in [5.41, 5.74) is -0.725. The van der Waals surface area contributed by atoms with Gasteiger partial charge in [0.05, 0.1) is 24.2 Å². The fraction of sp³-hybridized carbons (Fsp3) is 0.938. The zero-order valence-corrected chi connectivity index (χ0v) is 16.4. The van der Waals surface area contributed by atoms with E-state index in [0.29, 0.717) is 13.0 Å². The zero-order chi connectivity index (χ0) is 17.5. The van der Waals surface area contributed by atoms with E-state index in [4.69, 9.17) is 8.92 Å². The zero-order valence-electron chi connectivity index (χ0n) is 15.5. The van der Waals surface area contributed by atoms with Gasteiger partial charge in [0.1, 0.15) is 0 Å². The molecule has 0 aliphatic heterocycles. The third kappa shape index (κ3) is 14.4. The van der Waals surface area contributed by atoms with Gasteiger partial charge in [0.25, 0.3) is 0 Å². The Balaban J connectivity index is -0.000000739. The Morgan fingerprint density at radius 1 is 1.14 bits per heavy atom. The summed E-state index contributed by atoms with van der Waals surface area (Å²) in [6.07, 6.45) is 1.91. The van der Waals surface area contributed by atoms with Gasteiger partial charge in [-0.25, -0.2) is 0 Å². The molecule has 0 spiro atoms. The molecule has 0 aliphatic rings. The van der Waals surface area contributed by atoms with Crippen LogP contribution in [0.25, 0.3) is 0 Å². The number of ether oxygens (including phenoxy) is 1. The van der Waals surface area contributed by atoms with E-state index in [0.717, 1.165) is 12.8 Å². The average Bonchev–Trinajstić information content (AvgIpc) is 2.51. The van der Waals surface area contributed by atoms with Gasteiger partial charge < -0.3 is 14.2 Å². The standard InChI is InChI=1S/C12H25NO3S.2C2H6/c1-6-12(4,9-10(14)13-5)15-8-7-11(2,3)16-17;2*1-2/h17H,6-9H2,1-5H3,(H,13,14);2*1-2H3. The first-order chi connectivity index (χ1) is 9.78. The summed E-state index contributed by atoms with van der Waals surface area (Å²) in [6, 6.07) is 0. The maximum Gasteiger partial charge on any atom is 0.222 e. The molecule has 21 heavy (non-hydrogen) atoms. The Morgan fingerprint density at radius 2 is 1.62 bits per heavy atom. The summed E-state index contributed by atoms with van der Waals surface area (Å²) in [4.78, 5) is 11.4. The molecule has 0 bridgehead atoms. The molecule has 0 saturated heterocycles. The minimum absolute atomic E-state index is 0.000875. The normalized spacial score (nSPS) is 13.0. The van der Waals surface area contributed by atoms with Crippen molar-refractivity contribution in [3.05, 3.63) is 0 Å². The molecular weight excluding hydrogens is 286 g/mol. The molecule has 0 aromatic carbocycles. The fourth-order valence-electron chi connectivity index (χ4n) is 1.29. The smallest absolute Gasteiger partial charge is 0.222 e. The molecule has 0 aromatic rings. The van der Waals surface area contributed by atoms with Crippen molar-refractivity contribution in [3.63, 3.8) is 0 Å². The van der Waals surface area contributed by atoms with Crippen molar-refractivity contribution in [1.82, 2.24) is 5.32 Å². The number of hydrogen-bond acceptors (Lipinski definition) is 4. The lowest BCUT2D eigenvalue weighted by Crippen LogP contribution is -2.36. The maximum absolute atomic E-state index is 11.4. The molecule has 5 heteroatoms. The molecule has 0 heterocycles. The molecule has 0 fully saturated rings. The van der Waals surface area contributed by atoms with Crippen LogP contribution in [0.3, 0.4) is 0 Å². The van der Waals surface area contributed by atoms with Gasteiger partial charge in [0.2, 0.25) is 5.91 Å². The number of amides is 1. The van der Waals surface area contributed by atoms with E-state index in [1.807, 2.05) is 55.4 Å². The van der Waals surface area contributed by atoms with Crippen LogP contribution in [0.2, 0.25) is 0 Å². The van der Waals surface area contributed by atoms with E-state index in [9.17, 15) is 4.79 Å². The number of rotatable bonds is 8. The van der Waals surface area contributed by atoms with E-state index < -0.39 is 5.60 Å². The largest absolute Gasteiger partial charge is 0.375 e. The molecule has 0 aromatic heterocycles.